The molecule has 13 heavy (non-hydrogen) atoms. The van der Waals surface area contributed by atoms with Crippen LogP contribution in [-0.4, -0.2) is 5.11 Å². The molecular formula is C11H13ClO. The van der Waals surface area contributed by atoms with Crippen LogP contribution in [0.25, 0.3) is 0 Å². The summed E-state index contributed by atoms with van der Waals surface area (Å²) in [4.78, 5) is 0. The van der Waals surface area contributed by atoms with Gasteiger partial charge in [-0.1, -0.05) is 29.3 Å². The van der Waals surface area contributed by atoms with Crippen molar-refractivity contribution in [1.29, 1.82) is 0 Å². The summed E-state index contributed by atoms with van der Waals surface area (Å²) in [7, 11) is 0. The van der Waals surface area contributed by atoms with Gasteiger partial charge in [0.2, 0.25) is 0 Å². The van der Waals surface area contributed by atoms with Crippen molar-refractivity contribution in [3.63, 3.8) is 0 Å². The second-order valence-electron chi connectivity index (χ2n) is 3.20. The summed E-state index contributed by atoms with van der Waals surface area (Å²) in [5.41, 5.74) is 2.00. The van der Waals surface area contributed by atoms with Gasteiger partial charge < -0.3 is 5.11 Å². The van der Waals surface area contributed by atoms with Gasteiger partial charge in [-0.15, -0.1) is 6.58 Å². The van der Waals surface area contributed by atoms with Crippen molar-refractivity contribution in [3.05, 3.63) is 40.9 Å². The number of halogens is 1. The van der Waals surface area contributed by atoms with E-state index >= 15 is 0 Å². The van der Waals surface area contributed by atoms with Gasteiger partial charge in [-0.25, -0.2) is 0 Å². The summed E-state index contributed by atoms with van der Waals surface area (Å²) in [6.45, 7) is 5.78. The SMILES string of the molecule is C=C(C)CCc1cccc(Cl)c1O. The van der Waals surface area contributed by atoms with Crippen molar-refractivity contribution in [2.24, 2.45) is 0 Å². The maximum absolute atomic E-state index is 9.55. The maximum Gasteiger partial charge on any atom is 0.137 e. The molecule has 0 spiro atoms. The zero-order chi connectivity index (χ0) is 9.84. The number of aromatic hydroxyl groups is 1. The summed E-state index contributed by atoms with van der Waals surface area (Å²) < 4.78 is 0. The van der Waals surface area contributed by atoms with E-state index in [1.54, 1.807) is 6.07 Å². The Labute approximate surface area is 83.7 Å². The fourth-order valence-electron chi connectivity index (χ4n) is 1.11. The Morgan fingerprint density at radius 1 is 1.54 bits per heavy atom. The topological polar surface area (TPSA) is 20.2 Å². The quantitative estimate of drug-likeness (QED) is 0.733. The van der Waals surface area contributed by atoms with E-state index in [2.05, 4.69) is 6.58 Å². The molecule has 0 bridgehead atoms. The summed E-state index contributed by atoms with van der Waals surface area (Å²) in [6.07, 6.45) is 1.68. The van der Waals surface area contributed by atoms with E-state index in [0.717, 1.165) is 24.0 Å². The van der Waals surface area contributed by atoms with Crippen LogP contribution >= 0.6 is 11.6 Å². The van der Waals surface area contributed by atoms with E-state index in [9.17, 15) is 5.11 Å². The van der Waals surface area contributed by atoms with Crippen molar-refractivity contribution in [3.8, 4) is 5.75 Å². The molecule has 1 nitrogen and oxygen atoms in total. The number of hydrogen-bond donors (Lipinski definition) is 1. The van der Waals surface area contributed by atoms with Gasteiger partial charge in [0.15, 0.2) is 0 Å². The predicted molar refractivity (Wildman–Crippen MR) is 56.3 cm³/mol. The highest BCUT2D eigenvalue weighted by Gasteiger charge is 2.03. The number of rotatable bonds is 3. The minimum absolute atomic E-state index is 0.199. The van der Waals surface area contributed by atoms with Gasteiger partial charge in [0.1, 0.15) is 5.75 Å². The van der Waals surface area contributed by atoms with Crippen LogP contribution in [0, 0.1) is 0 Å². The lowest BCUT2D eigenvalue weighted by Gasteiger charge is -2.05. The Hall–Kier alpha value is -0.950. The standard InChI is InChI=1S/C11H13ClO/c1-8(2)6-7-9-4-3-5-10(12)11(9)13/h3-5,13H,1,6-7H2,2H3. The third kappa shape index (κ3) is 2.78. The van der Waals surface area contributed by atoms with E-state index in [4.69, 9.17) is 11.6 Å². The number of phenolic OH excluding ortho intramolecular Hbond substituents is 1. The number of aryl methyl sites for hydroxylation is 1. The molecule has 1 aromatic carbocycles. The molecule has 0 aliphatic rings. The van der Waals surface area contributed by atoms with E-state index in [-0.39, 0.29) is 5.75 Å². The normalized spacial score (nSPS) is 10.0. The molecular weight excluding hydrogens is 184 g/mol. The van der Waals surface area contributed by atoms with Gasteiger partial charge in [0.25, 0.3) is 0 Å². The second-order valence-corrected chi connectivity index (χ2v) is 3.61. The summed E-state index contributed by atoms with van der Waals surface area (Å²) in [5.74, 6) is 0.199. The zero-order valence-electron chi connectivity index (χ0n) is 7.68. The first-order valence-electron chi connectivity index (χ1n) is 4.22. The maximum atomic E-state index is 9.55. The van der Waals surface area contributed by atoms with Crippen molar-refractivity contribution >= 4 is 11.6 Å². The zero-order valence-corrected chi connectivity index (χ0v) is 8.43. The predicted octanol–water partition coefficient (Wildman–Crippen LogP) is 3.55. The third-order valence-corrected chi connectivity index (χ3v) is 2.20. The van der Waals surface area contributed by atoms with Crippen LogP contribution in [0.4, 0.5) is 0 Å². The minimum Gasteiger partial charge on any atom is -0.506 e. The monoisotopic (exact) mass is 196 g/mol. The molecule has 0 aliphatic heterocycles. The molecule has 0 radical (unpaired) electrons. The van der Waals surface area contributed by atoms with Crippen LogP contribution in [-0.2, 0) is 6.42 Å². The number of allylic oxidation sites excluding steroid dienone is 1. The molecule has 0 atom stereocenters. The van der Waals surface area contributed by atoms with Crippen LogP contribution in [0.3, 0.4) is 0 Å². The first-order chi connectivity index (χ1) is 6.11. The van der Waals surface area contributed by atoms with Gasteiger partial charge in [-0.2, -0.15) is 0 Å². The van der Waals surface area contributed by atoms with E-state index in [1.165, 1.54) is 0 Å². The molecule has 0 unspecified atom stereocenters. The van der Waals surface area contributed by atoms with Crippen LogP contribution in [0.15, 0.2) is 30.4 Å². The summed E-state index contributed by atoms with van der Waals surface area (Å²) >= 11 is 5.76. The number of phenols is 1. The van der Waals surface area contributed by atoms with Gasteiger partial charge in [0, 0.05) is 0 Å². The van der Waals surface area contributed by atoms with E-state index in [0.29, 0.717) is 5.02 Å². The van der Waals surface area contributed by atoms with Crippen LogP contribution in [0.2, 0.25) is 5.02 Å². The van der Waals surface area contributed by atoms with E-state index < -0.39 is 0 Å². The molecule has 70 valence electrons. The smallest absolute Gasteiger partial charge is 0.137 e. The second kappa shape index (κ2) is 4.33. The Morgan fingerprint density at radius 2 is 2.23 bits per heavy atom. The Balaban J connectivity index is 2.77. The molecule has 1 N–H and O–H groups in total. The minimum atomic E-state index is 0.199. The van der Waals surface area contributed by atoms with Gasteiger partial charge in [0.05, 0.1) is 5.02 Å². The molecule has 0 fully saturated rings. The molecule has 1 rings (SSSR count). The van der Waals surface area contributed by atoms with Crippen molar-refractivity contribution in [1.82, 2.24) is 0 Å². The number of benzene rings is 1. The van der Waals surface area contributed by atoms with Gasteiger partial charge >= 0.3 is 0 Å². The molecule has 1 aromatic rings. The highest BCUT2D eigenvalue weighted by molar-refractivity contribution is 6.32. The largest absolute Gasteiger partial charge is 0.506 e. The van der Waals surface area contributed by atoms with Crippen molar-refractivity contribution < 1.29 is 5.11 Å². The number of hydrogen-bond acceptors (Lipinski definition) is 1. The first-order valence-corrected chi connectivity index (χ1v) is 4.60. The summed E-state index contributed by atoms with van der Waals surface area (Å²) in [5, 5.41) is 9.96. The fraction of sp³-hybridized carbons (Fsp3) is 0.273. The fourth-order valence-corrected chi connectivity index (χ4v) is 1.30. The van der Waals surface area contributed by atoms with Crippen LogP contribution in [0.1, 0.15) is 18.9 Å². The lowest BCUT2D eigenvalue weighted by Crippen LogP contribution is -1.87. The molecule has 2 heteroatoms. The Kier molecular flexibility index (Phi) is 3.38. The first kappa shape index (κ1) is 10.1. The molecule has 0 saturated carbocycles. The van der Waals surface area contributed by atoms with Crippen molar-refractivity contribution in [2.75, 3.05) is 0 Å². The average Bonchev–Trinajstić information content (AvgIpc) is 2.07. The molecule has 0 aromatic heterocycles. The molecule has 0 saturated heterocycles. The number of para-hydroxylation sites is 1. The average molecular weight is 197 g/mol. The van der Waals surface area contributed by atoms with Crippen LogP contribution in [0.5, 0.6) is 5.75 Å². The third-order valence-electron chi connectivity index (χ3n) is 1.89. The lowest BCUT2D eigenvalue weighted by atomic mass is 10.1. The highest BCUT2D eigenvalue weighted by Crippen LogP contribution is 2.28. The molecule has 0 amide bonds. The van der Waals surface area contributed by atoms with Gasteiger partial charge in [-0.3, -0.25) is 0 Å². The van der Waals surface area contributed by atoms with Crippen LogP contribution < -0.4 is 0 Å². The highest BCUT2D eigenvalue weighted by atomic mass is 35.5. The Morgan fingerprint density at radius 3 is 2.85 bits per heavy atom. The Bertz CT molecular complexity index is 318. The summed E-state index contributed by atoms with van der Waals surface area (Å²) in [6, 6.07) is 5.40. The van der Waals surface area contributed by atoms with Gasteiger partial charge in [-0.05, 0) is 31.4 Å². The molecule has 0 aliphatic carbocycles. The molecule has 0 heterocycles. The van der Waals surface area contributed by atoms with Crippen molar-refractivity contribution in [2.45, 2.75) is 19.8 Å². The van der Waals surface area contributed by atoms with E-state index in [1.807, 2.05) is 19.1 Å². The lowest BCUT2D eigenvalue weighted by molar-refractivity contribution is 0.468.